The number of hydrogen-bond acceptors (Lipinski definition) is 7. The van der Waals surface area contributed by atoms with E-state index in [1.54, 1.807) is 26.8 Å². The van der Waals surface area contributed by atoms with E-state index in [4.69, 9.17) is 18.6 Å². The topological polar surface area (TPSA) is 104 Å². The van der Waals surface area contributed by atoms with Crippen molar-refractivity contribution < 1.29 is 28.2 Å². The Labute approximate surface area is 197 Å². The largest absolute Gasteiger partial charge is 0.493 e. The molecule has 3 rings (SSSR count). The van der Waals surface area contributed by atoms with E-state index in [9.17, 15) is 14.4 Å². The minimum absolute atomic E-state index is 0.0922. The highest BCUT2D eigenvalue weighted by atomic mass is 16.5. The summed E-state index contributed by atoms with van der Waals surface area (Å²) in [5, 5.41) is 3.45. The Kier molecular flexibility index (Phi) is 7.00. The predicted octanol–water partition coefficient (Wildman–Crippen LogP) is 4.77. The Morgan fingerprint density at radius 1 is 0.941 bits per heavy atom. The number of rotatable bonds is 6. The summed E-state index contributed by atoms with van der Waals surface area (Å²) in [6.45, 7) is 8.99. The average Bonchev–Trinajstić information content (AvgIpc) is 2.77. The van der Waals surface area contributed by atoms with Crippen LogP contribution in [-0.2, 0) is 16.1 Å². The summed E-state index contributed by atoms with van der Waals surface area (Å²) in [5.41, 5.74) is 2.03. The molecule has 3 aromatic rings. The lowest BCUT2D eigenvalue weighted by Crippen LogP contribution is -2.28. The lowest BCUT2D eigenvalue weighted by atomic mass is 9.95. The molecule has 0 bridgehead atoms. The van der Waals surface area contributed by atoms with E-state index in [-0.39, 0.29) is 23.8 Å². The summed E-state index contributed by atoms with van der Waals surface area (Å²) < 4.78 is 21.5. The van der Waals surface area contributed by atoms with Gasteiger partial charge in [0.2, 0.25) is 5.91 Å². The maximum absolute atomic E-state index is 13.1. The molecule has 1 heterocycles. The Hall–Kier alpha value is -3.81. The van der Waals surface area contributed by atoms with E-state index in [0.29, 0.717) is 28.0 Å². The molecule has 1 N–H and O–H groups in total. The van der Waals surface area contributed by atoms with Crippen LogP contribution in [0.1, 0.15) is 47.8 Å². The van der Waals surface area contributed by atoms with Gasteiger partial charge in [0.05, 0.1) is 25.5 Å². The number of amides is 1. The standard InChI is InChI=1S/C26H29NO7/c1-14-8-17-16(10-23(28)34-20(17)9-15(14)2)13-33-24(29)18-11-21(31-6)22(32-7)12-19(18)27-25(30)26(3,4)5/h8-12H,13H2,1-7H3,(H,27,30). The molecular weight excluding hydrogens is 438 g/mol. The van der Waals surface area contributed by atoms with Crippen molar-refractivity contribution in [2.75, 3.05) is 19.5 Å². The molecule has 180 valence electrons. The van der Waals surface area contributed by atoms with Gasteiger partial charge in [0.15, 0.2) is 11.5 Å². The highest BCUT2D eigenvalue weighted by Crippen LogP contribution is 2.35. The molecule has 8 nitrogen and oxygen atoms in total. The maximum Gasteiger partial charge on any atom is 0.340 e. The second kappa shape index (κ2) is 9.59. The van der Waals surface area contributed by atoms with Gasteiger partial charge in [0, 0.05) is 34.6 Å². The molecule has 8 heteroatoms. The molecule has 0 spiro atoms. The molecular formula is C26H29NO7. The van der Waals surface area contributed by atoms with Gasteiger partial charge in [-0.3, -0.25) is 4.79 Å². The van der Waals surface area contributed by atoms with Crippen LogP contribution >= 0.6 is 0 Å². The van der Waals surface area contributed by atoms with Crippen molar-refractivity contribution in [3.8, 4) is 11.5 Å². The Balaban J connectivity index is 1.98. The van der Waals surface area contributed by atoms with Crippen molar-refractivity contribution in [2.45, 2.75) is 41.2 Å². The molecule has 1 amide bonds. The van der Waals surface area contributed by atoms with E-state index >= 15 is 0 Å². The fourth-order valence-electron chi connectivity index (χ4n) is 3.28. The Morgan fingerprint density at radius 3 is 2.18 bits per heavy atom. The van der Waals surface area contributed by atoms with Gasteiger partial charge >= 0.3 is 11.6 Å². The lowest BCUT2D eigenvalue weighted by molar-refractivity contribution is -0.123. The number of methoxy groups -OCH3 is 2. The number of carbonyl (C=O) groups is 2. The highest BCUT2D eigenvalue weighted by molar-refractivity contribution is 6.03. The van der Waals surface area contributed by atoms with Gasteiger partial charge in [-0.25, -0.2) is 9.59 Å². The van der Waals surface area contributed by atoms with E-state index in [1.165, 1.54) is 32.4 Å². The molecule has 0 aliphatic rings. The molecule has 0 radical (unpaired) electrons. The van der Waals surface area contributed by atoms with Crippen LogP contribution in [0.3, 0.4) is 0 Å². The first kappa shape index (κ1) is 24.8. The molecule has 0 aliphatic carbocycles. The monoisotopic (exact) mass is 467 g/mol. The zero-order chi connectivity index (χ0) is 25.2. The molecule has 0 saturated carbocycles. The Bertz CT molecular complexity index is 1320. The first-order valence-corrected chi connectivity index (χ1v) is 10.7. The van der Waals surface area contributed by atoms with E-state index < -0.39 is 17.0 Å². The number of hydrogen-bond donors (Lipinski definition) is 1. The summed E-state index contributed by atoms with van der Waals surface area (Å²) in [6.07, 6.45) is 0. The van der Waals surface area contributed by atoms with E-state index in [0.717, 1.165) is 11.1 Å². The van der Waals surface area contributed by atoms with Gasteiger partial charge in [0.1, 0.15) is 12.2 Å². The van der Waals surface area contributed by atoms with Gasteiger partial charge in [-0.2, -0.15) is 0 Å². The highest BCUT2D eigenvalue weighted by Gasteiger charge is 2.25. The van der Waals surface area contributed by atoms with Crippen LogP contribution in [0.15, 0.2) is 39.5 Å². The van der Waals surface area contributed by atoms with Crippen LogP contribution in [0.4, 0.5) is 5.69 Å². The van der Waals surface area contributed by atoms with Crippen molar-refractivity contribution in [1.82, 2.24) is 0 Å². The van der Waals surface area contributed by atoms with Gasteiger partial charge in [-0.1, -0.05) is 20.8 Å². The number of nitrogens with one attached hydrogen (secondary N) is 1. The SMILES string of the molecule is COc1cc(NC(=O)C(C)(C)C)c(C(=O)OCc2cc(=O)oc3cc(C)c(C)cc23)cc1OC. The normalized spacial score (nSPS) is 11.3. The van der Waals surface area contributed by atoms with Gasteiger partial charge in [-0.15, -0.1) is 0 Å². The number of carbonyl (C=O) groups excluding carboxylic acids is 2. The van der Waals surface area contributed by atoms with Gasteiger partial charge in [-0.05, 0) is 37.1 Å². The molecule has 0 fully saturated rings. The molecule has 0 aliphatic heterocycles. The third kappa shape index (κ3) is 5.22. The first-order chi connectivity index (χ1) is 15.9. The number of ether oxygens (including phenoxy) is 3. The second-order valence-electron chi connectivity index (χ2n) is 9.06. The number of fused-ring (bicyclic) bond motifs is 1. The third-order valence-electron chi connectivity index (χ3n) is 5.48. The van der Waals surface area contributed by atoms with Crippen molar-refractivity contribution in [1.29, 1.82) is 0 Å². The second-order valence-corrected chi connectivity index (χ2v) is 9.06. The average molecular weight is 468 g/mol. The van der Waals surface area contributed by atoms with Gasteiger partial charge in [0.25, 0.3) is 0 Å². The number of anilines is 1. The quantitative estimate of drug-likeness (QED) is 0.411. The molecule has 1 aromatic heterocycles. The van der Waals surface area contributed by atoms with Crippen LogP contribution < -0.4 is 20.4 Å². The van der Waals surface area contributed by atoms with Crippen molar-refractivity contribution in [3.05, 3.63) is 63.0 Å². The summed E-state index contributed by atoms with van der Waals surface area (Å²) in [7, 11) is 2.90. The predicted molar refractivity (Wildman–Crippen MR) is 129 cm³/mol. The van der Waals surface area contributed by atoms with E-state index in [2.05, 4.69) is 5.32 Å². The minimum atomic E-state index is -0.699. The van der Waals surface area contributed by atoms with Crippen LogP contribution in [0, 0.1) is 19.3 Å². The molecule has 0 saturated heterocycles. The van der Waals surface area contributed by atoms with Gasteiger partial charge < -0.3 is 23.9 Å². The fraction of sp³-hybridized carbons (Fsp3) is 0.346. The van der Waals surface area contributed by atoms with E-state index in [1.807, 2.05) is 19.9 Å². The molecule has 2 aromatic carbocycles. The smallest absolute Gasteiger partial charge is 0.340 e. The van der Waals surface area contributed by atoms with Crippen molar-refractivity contribution in [2.24, 2.45) is 5.41 Å². The number of benzene rings is 2. The van der Waals surface area contributed by atoms with Crippen LogP contribution in [0.25, 0.3) is 11.0 Å². The van der Waals surface area contributed by atoms with Crippen LogP contribution in [0.2, 0.25) is 0 Å². The third-order valence-corrected chi connectivity index (χ3v) is 5.48. The zero-order valence-electron chi connectivity index (χ0n) is 20.5. The zero-order valence-corrected chi connectivity index (χ0v) is 20.5. The lowest BCUT2D eigenvalue weighted by Gasteiger charge is -2.20. The van der Waals surface area contributed by atoms with Crippen molar-refractivity contribution >= 4 is 28.5 Å². The molecule has 34 heavy (non-hydrogen) atoms. The summed E-state index contributed by atoms with van der Waals surface area (Å²) in [6, 6.07) is 7.94. The maximum atomic E-state index is 13.1. The summed E-state index contributed by atoms with van der Waals surface area (Å²) in [4.78, 5) is 37.8. The number of esters is 1. The van der Waals surface area contributed by atoms with Crippen LogP contribution in [0.5, 0.6) is 11.5 Å². The fourth-order valence-corrected chi connectivity index (χ4v) is 3.28. The number of aryl methyl sites for hydroxylation is 2. The first-order valence-electron chi connectivity index (χ1n) is 10.7. The molecule has 0 unspecified atom stereocenters. The molecule has 0 atom stereocenters. The summed E-state index contributed by atoms with van der Waals surface area (Å²) in [5.74, 6) is -0.331. The minimum Gasteiger partial charge on any atom is -0.493 e. The van der Waals surface area contributed by atoms with Crippen molar-refractivity contribution in [3.63, 3.8) is 0 Å². The Morgan fingerprint density at radius 2 is 1.56 bits per heavy atom. The summed E-state index contributed by atoms with van der Waals surface area (Å²) >= 11 is 0. The van der Waals surface area contributed by atoms with Crippen LogP contribution in [-0.4, -0.2) is 26.1 Å².